The first-order chi connectivity index (χ1) is 6.25. The molecule has 1 aliphatic rings. The van der Waals surface area contributed by atoms with E-state index in [9.17, 15) is 4.79 Å². The summed E-state index contributed by atoms with van der Waals surface area (Å²) in [7, 11) is 1.88. The average molecular weight is 202 g/mol. The molecule has 1 heterocycles. The summed E-state index contributed by atoms with van der Waals surface area (Å²) in [5.41, 5.74) is 0. The molecular weight excluding hydrogens is 184 g/mol. The Labute approximate surface area is 84.2 Å². The van der Waals surface area contributed by atoms with Crippen LogP contribution in [-0.4, -0.2) is 48.5 Å². The molecule has 1 unspecified atom stereocenters. The zero-order chi connectivity index (χ0) is 9.68. The first kappa shape index (κ1) is 10.9. The van der Waals surface area contributed by atoms with Gasteiger partial charge in [0, 0.05) is 37.1 Å². The smallest absolute Gasteiger partial charge is 0.224 e. The van der Waals surface area contributed by atoms with Crippen molar-refractivity contribution in [2.75, 3.05) is 31.6 Å². The van der Waals surface area contributed by atoms with Crippen LogP contribution in [0.5, 0.6) is 0 Å². The molecule has 1 fully saturated rings. The van der Waals surface area contributed by atoms with E-state index in [1.807, 2.05) is 23.7 Å². The molecule has 4 heteroatoms. The van der Waals surface area contributed by atoms with Crippen LogP contribution in [0.4, 0.5) is 0 Å². The fourth-order valence-electron chi connectivity index (χ4n) is 1.47. The number of nitrogens with one attached hydrogen (secondary N) is 1. The van der Waals surface area contributed by atoms with E-state index < -0.39 is 0 Å². The number of nitrogens with zero attached hydrogens (tertiary/aromatic N) is 1. The van der Waals surface area contributed by atoms with Crippen molar-refractivity contribution in [3.05, 3.63) is 0 Å². The molecule has 0 aromatic rings. The lowest BCUT2D eigenvalue weighted by Crippen LogP contribution is -2.45. The highest BCUT2D eigenvalue weighted by Crippen LogP contribution is 2.16. The van der Waals surface area contributed by atoms with Crippen molar-refractivity contribution in [2.24, 2.45) is 0 Å². The number of amides is 1. The van der Waals surface area contributed by atoms with E-state index in [1.54, 1.807) is 0 Å². The Hall–Kier alpha value is -0.220. The summed E-state index contributed by atoms with van der Waals surface area (Å²) >= 11 is 1.94. The second-order valence-corrected chi connectivity index (χ2v) is 4.51. The average Bonchev–Trinajstić information content (AvgIpc) is 2.15. The number of carbonyl (C=O) groups is 1. The van der Waals surface area contributed by atoms with Crippen LogP contribution in [0.15, 0.2) is 0 Å². The van der Waals surface area contributed by atoms with E-state index in [1.165, 1.54) is 0 Å². The van der Waals surface area contributed by atoms with E-state index >= 15 is 0 Å². The molecule has 1 rings (SSSR count). The minimum atomic E-state index is 0.294. The van der Waals surface area contributed by atoms with E-state index in [0.717, 1.165) is 24.6 Å². The molecule has 1 saturated heterocycles. The maximum Gasteiger partial charge on any atom is 0.224 e. The number of hydrogen-bond donors (Lipinski definition) is 1. The van der Waals surface area contributed by atoms with Gasteiger partial charge < -0.3 is 10.2 Å². The van der Waals surface area contributed by atoms with Crippen molar-refractivity contribution in [2.45, 2.75) is 19.4 Å². The van der Waals surface area contributed by atoms with Crippen LogP contribution < -0.4 is 5.32 Å². The zero-order valence-electron chi connectivity index (χ0n) is 8.38. The SMILES string of the molecule is CNCCC(=O)N1CCSCC1C. The molecule has 1 aliphatic heterocycles. The van der Waals surface area contributed by atoms with Gasteiger partial charge in [-0.2, -0.15) is 11.8 Å². The summed E-state index contributed by atoms with van der Waals surface area (Å²) in [6.07, 6.45) is 0.630. The first-order valence-electron chi connectivity index (χ1n) is 4.77. The number of carbonyl (C=O) groups excluding carboxylic acids is 1. The molecule has 13 heavy (non-hydrogen) atoms. The minimum absolute atomic E-state index is 0.294. The summed E-state index contributed by atoms with van der Waals surface area (Å²) < 4.78 is 0. The van der Waals surface area contributed by atoms with Crippen LogP contribution >= 0.6 is 11.8 Å². The topological polar surface area (TPSA) is 32.3 Å². The minimum Gasteiger partial charge on any atom is -0.338 e. The standard InChI is InChI=1S/C9H18N2OS/c1-8-7-13-6-5-11(8)9(12)3-4-10-2/h8,10H,3-7H2,1-2H3. The van der Waals surface area contributed by atoms with E-state index in [4.69, 9.17) is 0 Å². The van der Waals surface area contributed by atoms with Gasteiger partial charge in [-0.05, 0) is 14.0 Å². The van der Waals surface area contributed by atoms with Gasteiger partial charge in [0.2, 0.25) is 5.91 Å². The van der Waals surface area contributed by atoms with Crippen molar-refractivity contribution in [3.63, 3.8) is 0 Å². The molecule has 0 spiro atoms. The predicted octanol–water partition coefficient (Wildman–Crippen LogP) is 0.560. The third-order valence-electron chi connectivity index (χ3n) is 2.28. The Morgan fingerprint density at radius 3 is 3.08 bits per heavy atom. The second kappa shape index (κ2) is 5.50. The summed E-state index contributed by atoms with van der Waals surface area (Å²) in [4.78, 5) is 13.7. The molecule has 1 atom stereocenters. The van der Waals surface area contributed by atoms with Gasteiger partial charge in [0.1, 0.15) is 0 Å². The van der Waals surface area contributed by atoms with Crippen molar-refractivity contribution in [1.29, 1.82) is 0 Å². The highest BCUT2D eigenvalue weighted by Gasteiger charge is 2.22. The van der Waals surface area contributed by atoms with Crippen molar-refractivity contribution >= 4 is 17.7 Å². The zero-order valence-corrected chi connectivity index (χ0v) is 9.19. The van der Waals surface area contributed by atoms with Crippen LogP contribution in [-0.2, 0) is 4.79 Å². The van der Waals surface area contributed by atoms with E-state index in [-0.39, 0.29) is 0 Å². The predicted molar refractivity (Wildman–Crippen MR) is 57.0 cm³/mol. The molecule has 0 radical (unpaired) electrons. The van der Waals surface area contributed by atoms with Gasteiger partial charge in [0.15, 0.2) is 0 Å². The van der Waals surface area contributed by atoms with Gasteiger partial charge in [-0.1, -0.05) is 0 Å². The molecule has 3 nitrogen and oxygen atoms in total. The molecule has 1 N–H and O–H groups in total. The molecule has 0 aromatic carbocycles. The lowest BCUT2D eigenvalue weighted by Gasteiger charge is -2.33. The maximum atomic E-state index is 11.6. The molecule has 0 bridgehead atoms. The summed E-state index contributed by atoms with van der Waals surface area (Å²) in [6.45, 7) is 3.84. The summed E-state index contributed by atoms with van der Waals surface area (Å²) in [6, 6.07) is 0.420. The lowest BCUT2D eigenvalue weighted by molar-refractivity contribution is -0.132. The normalized spacial score (nSPS) is 23.2. The monoisotopic (exact) mass is 202 g/mol. The highest BCUT2D eigenvalue weighted by molar-refractivity contribution is 7.99. The number of thioether (sulfide) groups is 1. The third kappa shape index (κ3) is 3.19. The maximum absolute atomic E-state index is 11.6. The highest BCUT2D eigenvalue weighted by atomic mass is 32.2. The molecule has 0 saturated carbocycles. The van der Waals surface area contributed by atoms with Crippen molar-refractivity contribution < 1.29 is 4.79 Å². The largest absolute Gasteiger partial charge is 0.338 e. The van der Waals surface area contributed by atoms with Crippen molar-refractivity contribution in [1.82, 2.24) is 10.2 Å². The Morgan fingerprint density at radius 1 is 1.69 bits per heavy atom. The Balaban J connectivity index is 2.35. The second-order valence-electron chi connectivity index (χ2n) is 3.36. The van der Waals surface area contributed by atoms with Gasteiger partial charge in [0.05, 0.1) is 0 Å². The van der Waals surface area contributed by atoms with Gasteiger partial charge in [0.25, 0.3) is 0 Å². The fourth-order valence-corrected chi connectivity index (χ4v) is 2.49. The van der Waals surface area contributed by atoms with Gasteiger partial charge in [-0.25, -0.2) is 0 Å². The van der Waals surface area contributed by atoms with Crippen molar-refractivity contribution in [3.8, 4) is 0 Å². The Kier molecular flexibility index (Phi) is 4.59. The number of hydrogen-bond acceptors (Lipinski definition) is 3. The Morgan fingerprint density at radius 2 is 2.46 bits per heavy atom. The summed E-state index contributed by atoms with van der Waals surface area (Å²) in [5, 5.41) is 3.00. The lowest BCUT2D eigenvalue weighted by atomic mass is 10.2. The van der Waals surface area contributed by atoms with E-state index in [2.05, 4.69) is 12.2 Å². The molecule has 0 aliphatic carbocycles. The molecule has 1 amide bonds. The molecule has 0 aromatic heterocycles. The van der Waals surface area contributed by atoms with Gasteiger partial charge in [-0.3, -0.25) is 4.79 Å². The van der Waals surface area contributed by atoms with Gasteiger partial charge >= 0.3 is 0 Å². The Bertz CT molecular complexity index is 175. The van der Waals surface area contributed by atoms with Crippen LogP contribution in [0, 0.1) is 0 Å². The van der Waals surface area contributed by atoms with Crippen LogP contribution in [0.25, 0.3) is 0 Å². The molecule has 76 valence electrons. The van der Waals surface area contributed by atoms with Crippen LogP contribution in [0.3, 0.4) is 0 Å². The first-order valence-corrected chi connectivity index (χ1v) is 5.93. The van der Waals surface area contributed by atoms with E-state index in [0.29, 0.717) is 18.4 Å². The third-order valence-corrected chi connectivity index (χ3v) is 3.47. The van der Waals surface area contributed by atoms with Crippen LogP contribution in [0.2, 0.25) is 0 Å². The van der Waals surface area contributed by atoms with Gasteiger partial charge in [-0.15, -0.1) is 0 Å². The number of rotatable bonds is 3. The quantitative estimate of drug-likeness (QED) is 0.726. The summed E-state index contributed by atoms with van der Waals surface area (Å²) in [5.74, 6) is 2.48. The molecular formula is C9H18N2OS. The fraction of sp³-hybridized carbons (Fsp3) is 0.889. The van der Waals surface area contributed by atoms with Crippen LogP contribution in [0.1, 0.15) is 13.3 Å².